The van der Waals surface area contributed by atoms with Crippen LogP contribution in [0.2, 0.25) is 0 Å². The number of nitrogen functional groups attached to an aromatic ring is 1. The maximum absolute atomic E-state index is 12.6. The first-order chi connectivity index (χ1) is 6.47. The third-order valence-electron chi connectivity index (χ3n) is 1.67. The lowest BCUT2D eigenvalue weighted by molar-refractivity contribution is 0.319. The number of hydrogen-bond acceptors (Lipinski definition) is 4. The number of sulfone groups is 1. The summed E-state index contributed by atoms with van der Waals surface area (Å²) >= 11 is 0. The molecule has 0 spiro atoms. The van der Waals surface area contributed by atoms with Gasteiger partial charge in [-0.15, -0.1) is 0 Å². The third-order valence-corrected chi connectivity index (χ3v) is 3.43. The molecule has 0 fully saturated rings. The van der Waals surface area contributed by atoms with Crippen LogP contribution in [-0.4, -0.2) is 25.9 Å². The van der Waals surface area contributed by atoms with E-state index >= 15 is 0 Å². The summed E-state index contributed by atoms with van der Waals surface area (Å²) in [4.78, 5) is -0.145. The number of rotatable bonds is 3. The average molecular weight is 219 g/mol. The molecule has 0 aromatic heterocycles. The second-order valence-electron chi connectivity index (χ2n) is 2.72. The fourth-order valence-electron chi connectivity index (χ4n) is 1.03. The fraction of sp³-hybridized carbons (Fsp3) is 0.250. The Labute approximate surface area is 81.1 Å². The van der Waals surface area contributed by atoms with Crippen LogP contribution in [0.25, 0.3) is 0 Å². The highest BCUT2D eigenvalue weighted by Gasteiger charge is 2.16. The summed E-state index contributed by atoms with van der Waals surface area (Å²) in [6.07, 6.45) is 0. The summed E-state index contributed by atoms with van der Waals surface area (Å²) in [7, 11) is -3.60. The number of halogens is 1. The topological polar surface area (TPSA) is 80.4 Å². The van der Waals surface area contributed by atoms with Crippen LogP contribution in [0.4, 0.5) is 10.1 Å². The van der Waals surface area contributed by atoms with E-state index in [4.69, 9.17) is 10.8 Å². The SMILES string of the molecule is Nc1cc(F)ccc1S(=O)(=O)CCO. The quantitative estimate of drug-likeness (QED) is 0.561. The van der Waals surface area contributed by atoms with E-state index < -0.39 is 28.0 Å². The van der Waals surface area contributed by atoms with Gasteiger partial charge in [0.2, 0.25) is 0 Å². The number of nitrogens with two attached hydrogens (primary N) is 1. The first-order valence-electron chi connectivity index (χ1n) is 3.86. The molecule has 0 aliphatic carbocycles. The van der Waals surface area contributed by atoms with E-state index in [1.54, 1.807) is 0 Å². The average Bonchev–Trinajstić information content (AvgIpc) is 2.02. The summed E-state index contributed by atoms with van der Waals surface area (Å²) in [6.45, 7) is -0.487. The normalized spacial score (nSPS) is 11.6. The second kappa shape index (κ2) is 3.93. The van der Waals surface area contributed by atoms with Crippen LogP contribution >= 0.6 is 0 Å². The number of aliphatic hydroxyl groups excluding tert-OH is 1. The van der Waals surface area contributed by atoms with Crippen molar-refractivity contribution in [2.45, 2.75) is 4.90 Å². The van der Waals surface area contributed by atoms with Gasteiger partial charge in [-0.2, -0.15) is 0 Å². The van der Waals surface area contributed by atoms with Crippen LogP contribution in [0.15, 0.2) is 23.1 Å². The monoisotopic (exact) mass is 219 g/mol. The number of benzene rings is 1. The molecular weight excluding hydrogens is 209 g/mol. The lowest BCUT2D eigenvalue weighted by Gasteiger charge is -2.05. The number of aliphatic hydroxyl groups is 1. The van der Waals surface area contributed by atoms with Gasteiger partial charge in [0.05, 0.1) is 22.9 Å². The van der Waals surface area contributed by atoms with E-state index in [0.29, 0.717) is 0 Å². The Kier molecular flexibility index (Phi) is 3.07. The van der Waals surface area contributed by atoms with Crippen LogP contribution in [0, 0.1) is 5.82 Å². The molecule has 0 saturated heterocycles. The van der Waals surface area contributed by atoms with Crippen molar-refractivity contribution in [2.24, 2.45) is 0 Å². The largest absolute Gasteiger partial charge is 0.398 e. The van der Waals surface area contributed by atoms with Gasteiger partial charge in [-0.1, -0.05) is 0 Å². The van der Waals surface area contributed by atoms with Gasteiger partial charge in [-0.3, -0.25) is 0 Å². The van der Waals surface area contributed by atoms with E-state index in [1.165, 1.54) is 0 Å². The zero-order valence-electron chi connectivity index (χ0n) is 7.27. The molecule has 0 unspecified atom stereocenters. The van der Waals surface area contributed by atoms with Gasteiger partial charge in [-0.25, -0.2) is 12.8 Å². The fourth-order valence-corrected chi connectivity index (χ4v) is 2.19. The summed E-state index contributed by atoms with van der Waals surface area (Å²) < 4.78 is 35.4. The van der Waals surface area contributed by atoms with E-state index in [9.17, 15) is 12.8 Å². The zero-order chi connectivity index (χ0) is 10.8. The van der Waals surface area contributed by atoms with E-state index in [-0.39, 0.29) is 10.6 Å². The van der Waals surface area contributed by atoms with Gasteiger partial charge in [0.1, 0.15) is 5.82 Å². The van der Waals surface area contributed by atoms with Crippen molar-refractivity contribution in [3.63, 3.8) is 0 Å². The van der Waals surface area contributed by atoms with E-state index in [0.717, 1.165) is 18.2 Å². The van der Waals surface area contributed by atoms with Crippen molar-refractivity contribution < 1.29 is 17.9 Å². The van der Waals surface area contributed by atoms with Crippen LogP contribution in [0.5, 0.6) is 0 Å². The van der Waals surface area contributed by atoms with Crippen LogP contribution in [-0.2, 0) is 9.84 Å². The molecule has 0 radical (unpaired) electrons. The first-order valence-corrected chi connectivity index (χ1v) is 5.51. The smallest absolute Gasteiger partial charge is 0.182 e. The standard InChI is InChI=1S/C8H10FNO3S/c9-6-1-2-8(7(10)5-6)14(12,13)4-3-11/h1-2,5,11H,3-4,10H2. The summed E-state index contributed by atoms with van der Waals surface area (Å²) in [5, 5.41) is 8.51. The van der Waals surface area contributed by atoms with Crippen molar-refractivity contribution in [2.75, 3.05) is 18.1 Å². The predicted molar refractivity (Wildman–Crippen MR) is 50.0 cm³/mol. The Hall–Kier alpha value is -1.14. The van der Waals surface area contributed by atoms with Crippen molar-refractivity contribution in [1.82, 2.24) is 0 Å². The molecule has 0 saturated carbocycles. The molecule has 1 aromatic carbocycles. The molecule has 1 aromatic rings. The van der Waals surface area contributed by atoms with Gasteiger partial charge < -0.3 is 10.8 Å². The van der Waals surface area contributed by atoms with Crippen molar-refractivity contribution >= 4 is 15.5 Å². The van der Waals surface area contributed by atoms with Gasteiger partial charge in [0.15, 0.2) is 9.84 Å². The molecule has 3 N–H and O–H groups in total. The maximum Gasteiger partial charge on any atom is 0.182 e. The molecule has 6 heteroatoms. The minimum Gasteiger partial charge on any atom is -0.398 e. The molecule has 14 heavy (non-hydrogen) atoms. The molecule has 0 aliphatic rings. The predicted octanol–water partition coefficient (Wildman–Crippen LogP) is 0.174. The molecule has 0 heterocycles. The van der Waals surface area contributed by atoms with Gasteiger partial charge in [0, 0.05) is 0 Å². The lowest BCUT2D eigenvalue weighted by atomic mass is 10.3. The molecule has 0 bridgehead atoms. The Balaban J connectivity index is 3.20. The Morgan fingerprint density at radius 3 is 2.57 bits per heavy atom. The first kappa shape index (κ1) is 10.9. The van der Waals surface area contributed by atoms with Crippen LogP contribution < -0.4 is 5.73 Å². The molecule has 0 atom stereocenters. The maximum atomic E-state index is 12.6. The van der Waals surface area contributed by atoms with Crippen molar-refractivity contribution in [3.8, 4) is 0 Å². The zero-order valence-corrected chi connectivity index (χ0v) is 8.09. The molecular formula is C8H10FNO3S. The van der Waals surface area contributed by atoms with Crippen LogP contribution in [0.1, 0.15) is 0 Å². The number of anilines is 1. The second-order valence-corrected chi connectivity index (χ2v) is 4.80. The highest BCUT2D eigenvalue weighted by molar-refractivity contribution is 7.91. The highest BCUT2D eigenvalue weighted by atomic mass is 32.2. The van der Waals surface area contributed by atoms with E-state index in [2.05, 4.69) is 0 Å². The molecule has 1 rings (SSSR count). The van der Waals surface area contributed by atoms with Crippen LogP contribution in [0.3, 0.4) is 0 Å². The molecule has 0 amide bonds. The van der Waals surface area contributed by atoms with Crippen molar-refractivity contribution in [3.05, 3.63) is 24.0 Å². The van der Waals surface area contributed by atoms with Crippen molar-refractivity contribution in [1.29, 1.82) is 0 Å². The Morgan fingerprint density at radius 1 is 1.43 bits per heavy atom. The van der Waals surface area contributed by atoms with Gasteiger partial charge in [-0.05, 0) is 18.2 Å². The number of hydrogen-bond donors (Lipinski definition) is 2. The molecule has 0 aliphatic heterocycles. The Morgan fingerprint density at radius 2 is 2.07 bits per heavy atom. The summed E-state index contributed by atoms with van der Waals surface area (Å²) in [5.74, 6) is -1.01. The van der Waals surface area contributed by atoms with Gasteiger partial charge in [0.25, 0.3) is 0 Å². The lowest BCUT2D eigenvalue weighted by Crippen LogP contribution is -2.12. The molecule has 78 valence electrons. The summed E-state index contributed by atoms with van der Waals surface area (Å²) in [6, 6.07) is 3.04. The van der Waals surface area contributed by atoms with Gasteiger partial charge >= 0.3 is 0 Å². The molecule has 4 nitrogen and oxygen atoms in total. The third kappa shape index (κ3) is 2.21. The minimum absolute atomic E-state index is 0.140. The Bertz CT molecular complexity index is 430. The minimum atomic E-state index is -3.60. The summed E-state index contributed by atoms with van der Waals surface area (Å²) in [5.41, 5.74) is 5.20. The van der Waals surface area contributed by atoms with E-state index in [1.807, 2.05) is 0 Å². The highest BCUT2D eigenvalue weighted by Crippen LogP contribution is 2.20.